The molecule has 3 aromatic rings. The van der Waals surface area contributed by atoms with Crippen LogP contribution >= 0.6 is 0 Å². The number of phenols is 1. The summed E-state index contributed by atoms with van der Waals surface area (Å²) in [6.07, 6.45) is -5.93. The van der Waals surface area contributed by atoms with Crippen LogP contribution in [0.2, 0.25) is 0 Å². The van der Waals surface area contributed by atoms with E-state index in [4.69, 9.17) is 18.6 Å². The molecule has 5 atom stereocenters. The van der Waals surface area contributed by atoms with E-state index in [2.05, 4.69) is 0 Å². The highest BCUT2D eigenvalue weighted by Crippen LogP contribution is 2.32. The molecule has 1 aliphatic heterocycles. The second kappa shape index (κ2) is 8.77. The van der Waals surface area contributed by atoms with Crippen molar-refractivity contribution >= 4 is 11.0 Å². The molecular weight excluding hydrogens is 424 g/mol. The topological polar surface area (TPSA) is 159 Å². The summed E-state index contributed by atoms with van der Waals surface area (Å²) in [4.78, 5) is 13.0. The van der Waals surface area contributed by atoms with Crippen LogP contribution in [-0.2, 0) is 4.74 Å². The van der Waals surface area contributed by atoms with Crippen molar-refractivity contribution in [3.8, 4) is 28.4 Å². The summed E-state index contributed by atoms with van der Waals surface area (Å²) in [6.45, 7) is -0.585. The lowest BCUT2D eigenvalue weighted by molar-refractivity contribution is -0.277. The van der Waals surface area contributed by atoms with Gasteiger partial charge in [0.1, 0.15) is 53.5 Å². The van der Waals surface area contributed by atoms with Crippen molar-refractivity contribution in [3.05, 3.63) is 52.9 Å². The van der Waals surface area contributed by atoms with Crippen LogP contribution in [-0.4, -0.2) is 70.0 Å². The highest BCUT2D eigenvalue weighted by Gasteiger charge is 2.44. The Hall–Kier alpha value is -3.15. The van der Waals surface area contributed by atoms with Crippen LogP contribution in [0.4, 0.5) is 0 Å². The van der Waals surface area contributed by atoms with Gasteiger partial charge >= 0.3 is 0 Å². The van der Waals surface area contributed by atoms with Gasteiger partial charge in [0, 0.05) is 17.7 Å². The Labute approximate surface area is 181 Å². The first kappa shape index (κ1) is 22.1. The molecule has 10 heteroatoms. The average molecular weight is 446 g/mol. The van der Waals surface area contributed by atoms with Gasteiger partial charge in [-0.1, -0.05) is 0 Å². The molecule has 0 spiro atoms. The largest absolute Gasteiger partial charge is 0.507 e. The summed E-state index contributed by atoms with van der Waals surface area (Å²) in [5.41, 5.74) is 0.225. The van der Waals surface area contributed by atoms with Gasteiger partial charge in [0.05, 0.1) is 24.7 Å². The summed E-state index contributed by atoms with van der Waals surface area (Å²) in [5.74, 6) is 0.454. The molecule has 2 heterocycles. The lowest BCUT2D eigenvalue weighted by Gasteiger charge is -2.39. The zero-order valence-corrected chi connectivity index (χ0v) is 16.9. The van der Waals surface area contributed by atoms with Crippen LogP contribution in [0.3, 0.4) is 0 Å². The number of aromatic hydroxyl groups is 1. The Kier molecular flexibility index (Phi) is 6.04. The molecule has 4 rings (SSSR count). The third-order valence-corrected chi connectivity index (χ3v) is 5.34. The van der Waals surface area contributed by atoms with E-state index in [0.717, 1.165) is 0 Å². The molecule has 5 unspecified atom stereocenters. The molecule has 0 radical (unpaired) electrons. The first-order valence-electron chi connectivity index (χ1n) is 9.74. The minimum absolute atomic E-state index is 0.140. The van der Waals surface area contributed by atoms with E-state index in [1.165, 1.54) is 37.6 Å². The van der Waals surface area contributed by atoms with Crippen LogP contribution in [0.25, 0.3) is 22.1 Å². The van der Waals surface area contributed by atoms with Crippen LogP contribution < -0.4 is 14.9 Å². The lowest BCUT2D eigenvalue weighted by Crippen LogP contribution is -2.60. The van der Waals surface area contributed by atoms with Crippen molar-refractivity contribution in [2.75, 3.05) is 13.7 Å². The number of aliphatic hydroxyl groups is 4. The molecule has 1 fully saturated rings. The van der Waals surface area contributed by atoms with E-state index in [1.54, 1.807) is 12.1 Å². The average Bonchev–Trinajstić information content (AvgIpc) is 2.80. The minimum Gasteiger partial charge on any atom is -0.507 e. The minimum atomic E-state index is -1.58. The highest BCUT2D eigenvalue weighted by atomic mass is 16.7. The summed E-state index contributed by atoms with van der Waals surface area (Å²) < 4.78 is 21.5. The van der Waals surface area contributed by atoms with Crippen molar-refractivity contribution in [3.63, 3.8) is 0 Å². The number of aliphatic hydroxyl groups excluding tert-OH is 4. The third-order valence-electron chi connectivity index (χ3n) is 5.34. The standard InChI is InChI=1S/C22H22O10/c1-29-10-2-4-12(15(24)6-10)14-9-30-16-7-11(3-5-13(16)18(14)25)31-22-21(28)20(27)19(26)17(8-23)32-22/h2-7,9,17,19-24,26-28H,8H2,1H3. The second-order valence-electron chi connectivity index (χ2n) is 7.33. The van der Waals surface area contributed by atoms with Crippen molar-refractivity contribution < 1.29 is 44.2 Å². The fraction of sp³-hybridized carbons (Fsp3) is 0.318. The number of hydrogen-bond donors (Lipinski definition) is 5. The van der Waals surface area contributed by atoms with E-state index in [1.807, 2.05) is 0 Å². The summed E-state index contributed by atoms with van der Waals surface area (Å²) in [7, 11) is 1.46. The molecule has 1 saturated heterocycles. The third kappa shape index (κ3) is 3.90. The molecule has 10 nitrogen and oxygen atoms in total. The Morgan fingerprint density at radius 2 is 1.72 bits per heavy atom. The summed E-state index contributed by atoms with van der Waals surface area (Å²) in [5, 5.41) is 49.6. The summed E-state index contributed by atoms with van der Waals surface area (Å²) in [6, 6.07) is 8.83. The Balaban J connectivity index is 1.63. The fourth-order valence-corrected chi connectivity index (χ4v) is 3.53. The maximum atomic E-state index is 13.0. The molecule has 0 saturated carbocycles. The lowest BCUT2D eigenvalue weighted by atomic mass is 9.99. The van der Waals surface area contributed by atoms with Crippen LogP contribution in [0, 0.1) is 0 Å². The SMILES string of the molecule is COc1ccc(-c2coc3cc(OC4OC(CO)C(O)C(O)C4O)ccc3c2=O)c(O)c1. The van der Waals surface area contributed by atoms with E-state index in [9.17, 15) is 30.3 Å². The van der Waals surface area contributed by atoms with Crippen molar-refractivity contribution in [1.29, 1.82) is 0 Å². The van der Waals surface area contributed by atoms with Crippen LogP contribution in [0.1, 0.15) is 0 Å². The molecule has 2 aromatic carbocycles. The van der Waals surface area contributed by atoms with Gasteiger partial charge in [0.2, 0.25) is 11.7 Å². The van der Waals surface area contributed by atoms with Gasteiger partial charge in [-0.2, -0.15) is 0 Å². The second-order valence-corrected chi connectivity index (χ2v) is 7.33. The van der Waals surface area contributed by atoms with Gasteiger partial charge in [0.25, 0.3) is 0 Å². The number of benzene rings is 2. The van der Waals surface area contributed by atoms with Crippen molar-refractivity contribution in [1.82, 2.24) is 0 Å². The Bertz CT molecular complexity index is 1170. The number of methoxy groups -OCH3 is 1. The maximum Gasteiger partial charge on any atom is 0.229 e. The number of hydrogen-bond acceptors (Lipinski definition) is 10. The van der Waals surface area contributed by atoms with Crippen molar-refractivity contribution in [2.24, 2.45) is 0 Å². The van der Waals surface area contributed by atoms with Crippen LogP contribution in [0.5, 0.6) is 17.2 Å². The molecule has 32 heavy (non-hydrogen) atoms. The van der Waals surface area contributed by atoms with E-state index < -0.39 is 37.3 Å². The van der Waals surface area contributed by atoms with E-state index in [0.29, 0.717) is 5.75 Å². The predicted octanol–water partition coefficient (Wildman–Crippen LogP) is 0.353. The van der Waals surface area contributed by atoms with Gasteiger partial charge < -0.3 is 44.2 Å². The first-order valence-corrected chi connectivity index (χ1v) is 9.74. The molecule has 5 N–H and O–H groups in total. The highest BCUT2D eigenvalue weighted by molar-refractivity contribution is 5.84. The van der Waals surface area contributed by atoms with Crippen molar-refractivity contribution in [2.45, 2.75) is 30.7 Å². The van der Waals surface area contributed by atoms with Gasteiger partial charge in [-0.05, 0) is 24.3 Å². The molecule has 0 amide bonds. The number of phenolic OH excluding ortho intramolecular Hbond substituents is 1. The summed E-state index contributed by atoms with van der Waals surface area (Å²) >= 11 is 0. The van der Waals surface area contributed by atoms with E-state index >= 15 is 0 Å². The zero-order chi connectivity index (χ0) is 23.0. The molecule has 1 aliphatic rings. The predicted molar refractivity (Wildman–Crippen MR) is 111 cm³/mol. The van der Waals surface area contributed by atoms with Gasteiger partial charge in [0.15, 0.2) is 0 Å². The Morgan fingerprint density at radius 1 is 0.969 bits per heavy atom. The normalized spacial score (nSPS) is 25.6. The molecule has 1 aromatic heterocycles. The zero-order valence-electron chi connectivity index (χ0n) is 16.9. The maximum absolute atomic E-state index is 13.0. The number of ether oxygens (including phenoxy) is 3. The monoisotopic (exact) mass is 446 g/mol. The quantitative estimate of drug-likeness (QED) is 0.370. The van der Waals surface area contributed by atoms with Gasteiger partial charge in [-0.25, -0.2) is 0 Å². The van der Waals surface area contributed by atoms with Gasteiger partial charge in [-0.3, -0.25) is 4.79 Å². The molecular formula is C22H22O10. The first-order chi connectivity index (χ1) is 15.3. The van der Waals surface area contributed by atoms with E-state index in [-0.39, 0.29) is 39.0 Å². The fourth-order valence-electron chi connectivity index (χ4n) is 3.53. The number of rotatable bonds is 5. The van der Waals surface area contributed by atoms with Crippen LogP contribution in [0.15, 0.2) is 51.9 Å². The molecule has 0 bridgehead atoms. The smallest absolute Gasteiger partial charge is 0.229 e. The Morgan fingerprint density at radius 3 is 2.41 bits per heavy atom. The van der Waals surface area contributed by atoms with Gasteiger partial charge in [-0.15, -0.1) is 0 Å². The number of fused-ring (bicyclic) bond motifs is 1. The molecule has 170 valence electrons. The molecule has 0 aliphatic carbocycles.